The molecule has 0 aromatic carbocycles. The van der Waals surface area contributed by atoms with Crippen molar-refractivity contribution in [3.05, 3.63) is 29.6 Å². The molecule has 0 unspecified atom stereocenters. The highest BCUT2D eigenvalue weighted by atomic mass is 19.2. The molecule has 0 bridgehead atoms. The van der Waals surface area contributed by atoms with Gasteiger partial charge in [-0.1, -0.05) is 0 Å². The van der Waals surface area contributed by atoms with Gasteiger partial charge in [-0.25, -0.2) is 8.78 Å². The summed E-state index contributed by atoms with van der Waals surface area (Å²) in [6, 6.07) is 0. The number of aromatic nitrogens is 1. The molecule has 0 aliphatic rings. The zero-order valence-corrected chi connectivity index (χ0v) is 5.01. The summed E-state index contributed by atoms with van der Waals surface area (Å²) in [5.74, 6) is -2.07. The second-order valence-corrected chi connectivity index (χ2v) is 1.75. The summed E-state index contributed by atoms with van der Waals surface area (Å²) in [7, 11) is 0. The van der Waals surface area contributed by atoms with Gasteiger partial charge >= 0.3 is 0 Å². The Hall–Kier alpha value is -1.03. The maximum atomic E-state index is 12.4. The van der Waals surface area contributed by atoms with Gasteiger partial charge in [0.25, 0.3) is 0 Å². The summed E-state index contributed by atoms with van der Waals surface area (Å²) < 4.78 is 24.6. The molecule has 0 spiro atoms. The van der Waals surface area contributed by atoms with E-state index in [1.54, 1.807) is 0 Å². The molecule has 10 heavy (non-hydrogen) atoms. The van der Waals surface area contributed by atoms with E-state index in [-0.39, 0.29) is 5.56 Å². The molecule has 1 rings (SSSR count). The van der Waals surface area contributed by atoms with Crippen LogP contribution in [-0.2, 0) is 6.61 Å². The average Bonchev–Trinajstić information content (AvgIpc) is 1.95. The third-order valence-electron chi connectivity index (χ3n) is 1.08. The lowest BCUT2D eigenvalue weighted by Gasteiger charge is -1.96. The van der Waals surface area contributed by atoms with Gasteiger partial charge in [0.2, 0.25) is 0 Å². The van der Waals surface area contributed by atoms with E-state index < -0.39 is 18.2 Å². The van der Waals surface area contributed by atoms with Crippen LogP contribution in [0.1, 0.15) is 5.56 Å². The molecule has 0 amide bonds. The number of hydrogen-bond acceptors (Lipinski definition) is 2. The van der Waals surface area contributed by atoms with Gasteiger partial charge in [-0.15, -0.1) is 0 Å². The zero-order valence-electron chi connectivity index (χ0n) is 5.01. The topological polar surface area (TPSA) is 33.1 Å². The van der Waals surface area contributed by atoms with Crippen LogP contribution in [0.4, 0.5) is 8.78 Å². The lowest BCUT2D eigenvalue weighted by molar-refractivity contribution is 0.272. The summed E-state index contributed by atoms with van der Waals surface area (Å²) in [5.41, 5.74) is -0.125. The van der Waals surface area contributed by atoms with Crippen LogP contribution in [0.15, 0.2) is 12.4 Å². The molecule has 1 aromatic rings. The Balaban J connectivity index is 3.14. The molecule has 0 saturated heterocycles. The van der Waals surface area contributed by atoms with E-state index in [0.29, 0.717) is 0 Å². The Bertz CT molecular complexity index is 239. The van der Waals surface area contributed by atoms with Gasteiger partial charge in [0.05, 0.1) is 12.8 Å². The van der Waals surface area contributed by atoms with Crippen molar-refractivity contribution in [2.45, 2.75) is 6.61 Å². The molecular weight excluding hydrogens is 140 g/mol. The lowest BCUT2D eigenvalue weighted by Crippen LogP contribution is -1.94. The monoisotopic (exact) mass is 145 g/mol. The largest absolute Gasteiger partial charge is 0.392 e. The van der Waals surface area contributed by atoms with E-state index in [9.17, 15) is 8.78 Å². The second kappa shape index (κ2) is 2.70. The van der Waals surface area contributed by atoms with Crippen molar-refractivity contribution in [1.82, 2.24) is 4.98 Å². The fourth-order valence-electron chi connectivity index (χ4n) is 0.570. The van der Waals surface area contributed by atoms with Crippen LogP contribution in [-0.4, -0.2) is 10.1 Å². The van der Waals surface area contributed by atoms with Crippen molar-refractivity contribution in [2.75, 3.05) is 0 Å². The van der Waals surface area contributed by atoms with Crippen LogP contribution in [0.3, 0.4) is 0 Å². The molecule has 0 atom stereocenters. The molecule has 1 aromatic heterocycles. The highest BCUT2D eigenvalue weighted by Crippen LogP contribution is 2.08. The predicted molar refractivity (Wildman–Crippen MR) is 30.1 cm³/mol. The van der Waals surface area contributed by atoms with Gasteiger partial charge in [-0.3, -0.25) is 4.98 Å². The van der Waals surface area contributed by atoms with Crippen LogP contribution in [0, 0.1) is 11.6 Å². The minimum absolute atomic E-state index is 0.125. The van der Waals surface area contributed by atoms with Crippen LogP contribution in [0.5, 0.6) is 0 Å². The van der Waals surface area contributed by atoms with Crippen molar-refractivity contribution >= 4 is 0 Å². The number of aliphatic hydroxyl groups excluding tert-OH is 1. The maximum Gasteiger partial charge on any atom is 0.177 e. The van der Waals surface area contributed by atoms with Crippen LogP contribution in [0.2, 0.25) is 0 Å². The fraction of sp³-hybridized carbons (Fsp3) is 0.167. The average molecular weight is 145 g/mol. The van der Waals surface area contributed by atoms with Crippen molar-refractivity contribution in [1.29, 1.82) is 0 Å². The van der Waals surface area contributed by atoms with Crippen molar-refractivity contribution in [3.8, 4) is 0 Å². The highest BCUT2D eigenvalue weighted by molar-refractivity contribution is 5.11. The van der Waals surface area contributed by atoms with E-state index >= 15 is 0 Å². The number of rotatable bonds is 1. The number of aliphatic hydroxyl groups is 1. The molecule has 1 N–H and O–H groups in total. The summed E-state index contributed by atoms with van der Waals surface area (Å²) >= 11 is 0. The van der Waals surface area contributed by atoms with E-state index in [1.807, 2.05) is 0 Å². The first-order valence-electron chi connectivity index (χ1n) is 2.64. The Labute approximate surface area is 56.1 Å². The smallest absolute Gasteiger partial charge is 0.177 e. The van der Waals surface area contributed by atoms with Crippen molar-refractivity contribution in [2.24, 2.45) is 0 Å². The second-order valence-electron chi connectivity index (χ2n) is 1.75. The van der Waals surface area contributed by atoms with Gasteiger partial charge in [0, 0.05) is 11.8 Å². The van der Waals surface area contributed by atoms with Crippen LogP contribution in [0.25, 0.3) is 0 Å². The Morgan fingerprint density at radius 2 is 2.10 bits per heavy atom. The fourth-order valence-corrected chi connectivity index (χ4v) is 0.570. The summed E-state index contributed by atoms with van der Waals surface area (Å²) in [4.78, 5) is 3.34. The number of nitrogens with zero attached hydrogens (tertiary/aromatic N) is 1. The van der Waals surface area contributed by atoms with E-state index in [0.717, 1.165) is 12.4 Å². The minimum atomic E-state index is -1.04. The van der Waals surface area contributed by atoms with E-state index in [2.05, 4.69) is 4.98 Å². The first-order chi connectivity index (χ1) is 4.75. The van der Waals surface area contributed by atoms with Crippen LogP contribution >= 0.6 is 0 Å². The van der Waals surface area contributed by atoms with Crippen molar-refractivity contribution < 1.29 is 13.9 Å². The summed E-state index contributed by atoms with van der Waals surface area (Å²) in [6.07, 6.45) is 1.84. The predicted octanol–water partition coefficient (Wildman–Crippen LogP) is 0.852. The lowest BCUT2D eigenvalue weighted by atomic mass is 10.3. The zero-order chi connectivity index (χ0) is 7.56. The molecule has 4 heteroatoms. The first kappa shape index (κ1) is 7.08. The quantitative estimate of drug-likeness (QED) is 0.635. The molecule has 0 saturated carbocycles. The Morgan fingerprint density at radius 3 is 2.60 bits per heavy atom. The minimum Gasteiger partial charge on any atom is -0.392 e. The summed E-state index contributed by atoms with van der Waals surface area (Å²) in [5, 5.41) is 8.40. The molecular formula is C6H5F2NO. The third-order valence-corrected chi connectivity index (χ3v) is 1.08. The molecule has 0 aliphatic heterocycles. The van der Waals surface area contributed by atoms with Gasteiger partial charge in [0.15, 0.2) is 11.6 Å². The maximum absolute atomic E-state index is 12.4. The molecule has 0 fully saturated rings. The number of pyridine rings is 1. The first-order valence-corrected chi connectivity index (χ1v) is 2.64. The Kier molecular flexibility index (Phi) is 1.91. The normalized spacial score (nSPS) is 9.90. The van der Waals surface area contributed by atoms with Gasteiger partial charge in [-0.05, 0) is 0 Å². The van der Waals surface area contributed by atoms with Crippen LogP contribution < -0.4 is 0 Å². The number of halogens is 2. The van der Waals surface area contributed by atoms with E-state index in [4.69, 9.17) is 5.11 Å². The molecule has 0 aliphatic carbocycles. The SMILES string of the molecule is OCc1cncc(F)c1F. The molecule has 2 nitrogen and oxygen atoms in total. The van der Waals surface area contributed by atoms with E-state index in [1.165, 1.54) is 0 Å². The van der Waals surface area contributed by atoms with Gasteiger partial charge in [0.1, 0.15) is 0 Å². The molecule has 1 heterocycles. The van der Waals surface area contributed by atoms with Gasteiger partial charge in [-0.2, -0.15) is 0 Å². The van der Waals surface area contributed by atoms with Crippen molar-refractivity contribution in [3.63, 3.8) is 0 Å². The Morgan fingerprint density at radius 1 is 1.40 bits per heavy atom. The number of hydrogen-bond donors (Lipinski definition) is 1. The summed E-state index contributed by atoms with van der Waals surface area (Å²) in [6.45, 7) is -0.531. The van der Waals surface area contributed by atoms with Gasteiger partial charge < -0.3 is 5.11 Å². The molecule has 0 radical (unpaired) electrons. The third kappa shape index (κ3) is 1.11. The highest BCUT2D eigenvalue weighted by Gasteiger charge is 2.05. The molecule has 54 valence electrons. The standard InChI is InChI=1S/C6H5F2NO/c7-5-2-9-1-4(3-10)6(5)8/h1-2,10H,3H2.